The van der Waals surface area contributed by atoms with Crippen molar-refractivity contribution < 1.29 is 4.79 Å². The molecule has 0 bridgehead atoms. The van der Waals surface area contributed by atoms with Crippen LogP contribution in [-0.4, -0.2) is 38.0 Å². The molecule has 0 aliphatic carbocycles. The first kappa shape index (κ1) is 19.0. The lowest BCUT2D eigenvalue weighted by molar-refractivity contribution is 0.0951. The number of carbonyl (C=O) groups is 1. The molecule has 0 heterocycles. The van der Waals surface area contributed by atoms with E-state index < -0.39 is 0 Å². The fourth-order valence-electron chi connectivity index (χ4n) is 2.68. The second-order valence-electron chi connectivity index (χ2n) is 6.41. The average molecular weight is 339 g/mol. The molecule has 0 aromatic heterocycles. The molecular formula is C21H29N3O. The second kappa shape index (κ2) is 9.23. The van der Waals surface area contributed by atoms with Gasteiger partial charge in [-0.05, 0) is 42.4 Å². The summed E-state index contributed by atoms with van der Waals surface area (Å²) in [5.41, 5.74) is 4.12. The zero-order valence-electron chi connectivity index (χ0n) is 15.7. The molecular weight excluding hydrogens is 310 g/mol. The third-order valence-electron chi connectivity index (χ3n) is 4.40. The van der Waals surface area contributed by atoms with Crippen molar-refractivity contribution in [2.45, 2.75) is 26.9 Å². The van der Waals surface area contributed by atoms with Gasteiger partial charge in [-0.3, -0.25) is 9.69 Å². The van der Waals surface area contributed by atoms with Crippen LogP contribution in [0.15, 0.2) is 48.5 Å². The molecule has 4 nitrogen and oxygen atoms in total. The van der Waals surface area contributed by atoms with Gasteiger partial charge >= 0.3 is 0 Å². The van der Waals surface area contributed by atoms with E-state index in [1.54, 1.807) is 0 Å². The summed E-state index contributed by atoms with van der Waals surface area (Å²) in [5.74, 6) is -0.0454. The molecule has 2 aromatic rings. The summed E-state index contributed by atoms with van der Waals surface area (Å²) in [6, 6.07) is 16.1. The van der Waals surface area contributed by atoms with Crippen molar-refractivity contribution in [2.24, 2.45) is 0 Å². The summed E-state index contributed by atoms with van der Waals surface area (Å²) in [5, 5.41) is 3.00. The van der Waals surface area contributed by atoms with Gasteiger partial charge in [-0.25, -0.2) is 0 Å². The number of amides is 1. The van der Waals surface area contributed by atoms with E-state index in [2.05, 4.69) is 48.3 Å². The zero-order valence-corrected chi connectivity index (χ0v) is 15.7. The van der Waals surface area contributed by atoms with E-state index in [-0.39, 0.29) is 5.91 Å². The summed E-state index contributed by atoms with van der Waals surface area (Å²) >= 11 is 0. The van der Waals surface area contributed by atoms with Crippen LogP contribution >= 0.6 is 0 Å². The van der Waals surface area contributed by atoms with Crippen molar-refractivity contribution in [3.8, 4) is 0 Å². The van der Waals surface area contributed by atoms with Crippen LogP contribution in [0.5, 0.6) is 0 Å². The molecule has 0 saturated heterocycles. The number of rotatable bonds is 8. The van der Waals surface area contributed by atoms with E-state index in [9.17, 15) is 4.79 Å². The molecule has 0 aliphatic rings. The Morgan fingerprint density at radius 2 is 1.60 bits per heavy atom. The van der Waals surface area contributed by atoms with Crippen molar-refractivity contribution in [1.82, 2.24) is 10.2 Å². The van der Waals surface area contributed by atoms with Crippen LogP contribution in [-0.2, 0) is 13.1 Å². The lowest BCUT2D eigenvalue weighted by Gasteiger charge is -2.18. The van der Waals surface area contributed by atoms with E-state index in [1.165, 1.54) is 5.56 Å². The first-order valence-electron chi connectivity index (χ1n) is 8.89. The van der Waals surface area contributed by atoms with E-state index in [0.717, 1.165) is 30.9 Å². The van der Waals surface area contributed by atoms with Crippen molar-refractivity contribution in [1.29, 1.82) is 0 Å². The third-order valence-corrected chi connectivity index (χ3v) is 4.40. The number of nitrogens with one attached hydrogen (secondary N) is 1. The Hall–Kier alpha value is -2.33. The second-order valence-corrected chi connectivity index (χ2v) is 6.41. The third kappa shape index (κ3) is 5.61. The lowest BCUT2D eigenvalue weighted by atomic mass is 10.1. The van der Waals surface area contributed by atoms with Gasteiger partial charge in [-0.1, -0.05) is 44.2 Å². The maximum absolute atomic E-state index is 12.3. The number of hydrogen-bond donors (Lipinski definition) is 1. The molecule has 0 radical (unpaired) electrons. The van der Waals surface area contributed by atoms with Gasteiger partial charge in [0.15, 0.2) is 0 Å². The lowest BCUT2D eigenvalue weighted by Crippen LogP contribution is -2.23. The van der Waals surface area contributed by atoms with Crippen LogP contribution in [0.25, 0.3) is 0 Å². The van der Waals surface area contributed by atoms with Gasteiger partial charge in [0.2, 0.25) is 0 Å². The van der Waals surface area contributed by atoms with Crippen LogP contribution in [0.4, 0.5) is 5.69 Å². The van der Waals surface area contributed by atoms with Crippen LogP contribution < -0.4 is 10.2 Å². The molecule has 0 fully saturated rings. The summed E-state index contributed by atoms with van der Waals surface area (Å²) in [4.78, 5) is 16.7. The van der Waals surface area contributed by atoms with Crippen molar-refractivity contribution in [3.63, 3.8) is 0 Å². The standard InChI is InChI=1S/C21H29N3O/c1-5-24(6-2)16-18-12-10-17(11-13-18)15-22-21(25)19-8-7-9-20(14-19)23(3)4/h7-14H,5-6,15-16H2,1-4H3,(H,22,25). The minimum atomic E-state index is -0.0454. The summed E-state index contributed by atoms with van der Waals surface area (Å²) < 4.78 is 0. The fourth-order valence-corrected chi connectivity index (χ4v) is 2.68. The predicted octanol–water partition coefficient (Wildman–Crippen LogP) is 3.52. The van der Waals surface area contributed by atoms with Gasteiger partial charge in [-0.2, -0.15) is 0 Å². The number of anilines is 1. The number of benzene rings is 2. The van der Waals surface area contributed by atoms with Gasteiger partial charge in [0, 0.05) is 38.4 Å². The maximum atomic E-state index is 12.3. The predicted molar refractivity (Wildman–Crippen MR) is 105 cm³/mol. The van der Waals surface area contributed by atoms with E-state index >= 15 is 0 Å². The minimum absolute atomic E-state index is 0.0454. The van der Waals surface area contributed by atoms with Crippen LogP contribution in [0.1, 0.15) is 35.3 Å². The van der Waals surface area contributed by atoms with Gasteiger partial charge in [0.05, 0.1) is 0 Å². The molecule has 25 heavy (non-hydrogen) atoms. The van der Waals surface area contributed by atoms with Gasteiger partial charge < -0.3 is 10.2 Å². The Balaban J connectivity index is 1.92. The smallest absolute Gasteiger partial charge is 0.251 e. The number of carbonyl (C=O) groups excluding carboxylic acids is 1. The highest BCUT2D eigenvalue weighted by Gasteiger charge is 2.07. The Morgan fingerprint density at radius 3 is 2.20 bits per heavy atom. The molecule has 0 aliphatic heterocycles. The van der Waals surface area contributed by atoms with E-state index in [4.69, 9.17) is 0 Å². The Bertz CT molecular complexity index is 676. The molecule has 4 heteroatoms. The van der Waals surface area contributed by atoms with Crippen molar-refractivity contribution in [3.05, 3.63) is 65.2 Å². The minimum Gasteiger partial charge on any atom is -0.378 e. The van der Waals surface area contributed by atoms with Gasteiger partial charge in [-0.15, -0.1) is 0 Å². The molecule has 0 unspecified atom stereocenters. The molecule has 2 aromatic carbocycles. The molecule has 134 valence electrons. The summed E-state index contributed by atoms with van der Waals surface area (Å²) in [7, 11) is 3.94. The quantitative estimate of drug-likeness (QED) is 0.799. The van der Waals surface area contributed by atoms with Crippen molar-refractivity contribution >= 4 is 11.6 Å². The normalized spacial score (nSPS) is 10.8. The highest BCUT2D eigenvalue weighted by atomic mass is 16.1. The topological polar surface area (TPSA) is 35.6 Å². The molecule has 2 rings (SSSR count). The Kier molecular flexibility index (Phi) is 7.02. The highest BCUT2D eigenvalue weighted by Crippen LogP contribution is 2.13. The van der Waals surface area contributed by atoms with Crippen molar-refractivity contribution in [2.75, 3.05) is 32.1 Å². The summed E-state index contributed by atoms with van der Waals surface area (Å²) in [6.07, 6.45) is 0. The number of nitrogens with zero attached hydrogens (tertiary/aromatic N) is 2. The first-order valence-corrected chi connectivity index (χ1v) is 8.89. The molecule has 0 spiro atoms. The fraction of sp³-hybridized carbons (Fsp3) is 0.381. The first-order chi connectivity index (χ1) is 12.0. The Morgan fingerprint density at radius 1 is 0.960 bits per heavy atom. The average Bonchev–Trinajstić information content (AvgIpc) is 2.65. The summed E-state index contributed by atoms with van der Waals surface area (Å²) in [6.45, 7) is 7.98. The largest absolute Gasteiger partial charge is 0.378 e. The zero-order chi connectivity index (χ0) is 18.2. The van der Waals surface area contributed by atoms with E-state index in [1.807, 2.05) is 43.3 Å². The van der Waals surface area contributed by atoms with E-state index in [0.29, 0.717) is 12.1 Å². The maximum Gasteiger partial charge on any atom is 0.251 e. The van der Waals surface area contributed by atoms with Gasteiger partial charge in [0.1, 0.15) is 0 Å². The SMILES string of the molecule is CCN(CC)Cc1ccc(CNC(=O)c2cccc(N(C)C)c2)cc1. The number of hydrogen-bond acceptors (Lipinski definition) is 3. The molecule has 0 saturated carbocycles. The van der Waals surface area contributed by atoms with Crippen LogP contribution in [0, 0.1) is 0 Å². The Labute approximate surface area is 151 Å². The molecule has 1 N–H and O–H groups in total. The van der Waals surface area contributed by atoms with Crippen LogP contribution in [0.2, 0.25) is 0 Å². The monoisotopic (exact) mass is 339 g/mol. The van der Waals surface area contributed by atoms with Crippen LogP contribution in [0.3, 0.4) is 0 Å². The highest BCUT2D eigenvalue weighted by molar-refractivity contribution is 5.95. The molecule has 1 amide bonds. The molecule has 0 atom stereocenters. The van der Waals surface area contributed by atoms with Gasteiger partial charge in [0.25, 0.3) is 5.91 Å².